The fourth-order valence-electron chi connectivity index (χ4n) is 2.98. The number of anilines is 1. The van der Waals surface area contributed by atoms with Gasteiger partial charge in [0.1, 0.15) is 11.6 Å². The number of methoxy groups -OCH3 is 1. The standard InChI is InChI=1S/C18H21F2N3O3/c1-25-9-7-23-17-6-8-26-11-13(17)15(22-23)4-5-18(24)21-16-3-2-12(19)10-14(16)20/h2-3,10H,4-9,11H2,1H3,(H,21,24). The number of carbonyl (C=O) groups is 1. The highest BCUT2D eigenvalue weighted by Gasteiger charge is 2.21. The molecular weight excluding hydrogens is 344 g/mol. The lowest BCUT2D eigenvalue weighted by molar-refractivity contribution is -0.116. The summed E-state index contributed by atoms with van der Waals surface area (Å²) in [6.07, 6.45) is 1.34. The molecule has 1 aliphatic rings. The van der Waals surface area contributed by atoms with Gasteiger partial charge >= 0.3 is 0 Å². The zero-order valence-corrected chi connectivity index (χ0v) is 14.6. The molecule has 140 valence electrons. The molecule has 1 N–H and O–H groups in total. The van der Waals surface area contributed by atoms with Crippen molar-refractivity contribution in [3.8, 4) is 0 Å². The van der Waals surface area contributed by atoms with Crippen molar-refractivity contribution in [3.05, 3.63) is 46.8 Å². The van der Waals surface area contributed by atoms with Crippen molar-refractivity contribution in [3.63, 3.8) is 0 Å². The molecule has 8 heteroatoms. The first-order valence-corrected chi connectivity index (χ1v) is 8.47. The Kier molecular flexibility index (Phi) is 5.95. The van der Waals surface area contributed by atoms with Gasteiger partial charge in [0.15, 0.2) is 0 Å². The van der Waals surface area contributed by atoms with Gasteiger partial charge in [-0.3, -0.25) is 9.48 Å². The van der Waals surface area contributed by atoms with E-state index >= 15 is 0 Å². The predicted molar refractivity (Wildman–Crippen MR) is 90.8 cm³/mol. The molecule has 1 aromatic carbocycles. The van der Waals surface area contributed by atoms with Crippen LogP contribution in [0.1, 0.15) is 23.4 Å². The first-order valence-electron chi connectivity index (χ1n) is 8.47. The minimum atomic E-state index is -0.798. The van der Waals surface area contributed by atoms with E-state index in [1.807, 2.05) is 4.68 Å². The maximum atomic E-state index is 13.6. The number of amides is 1. The maximum Gasteiger partial charge on any atom is 0.224 e. The largest absolute Gasteiger partial charge is 0.383 e. The molecule has 0 unspecified atom stereocenters. The molecule has 0 fully saturated rings. The quantitative estimate of drug-likeness (QED) is 0.819. The van der Waals surface area contributed by atoms with E-state index in [9.17, 15) is 13.6 Å². The van der Waals surface area contributed by atoms with Crippen molar-refractivity contribution in [2.24, 2.45) is 0 Å². The summed E-state index contributed by atoms with van der Waals surface area (Å²) in [5.74, 6) is -1.84. The summed E-state index contributed by atoms with van der Waals surface area (Å²) < 4.78 is 39.1. The van der Waals surface area contributed by atoms with Gasteiger partial charge in [-0.05, 0) is 12.1 Å². The van der Waals surface area contributed by atoms with Crippen LogP contribution in [0.3, 0.4) is 0 Å². The van der Waals surface area contributed by atoms with Gasteiger partial charge in [-0.15, -0.1) is 0 Å². The topological polar surface area (TPSA) is 65.4 Å². The van der Waals surface area contributed by atoms with Crippen LogP contribution < -0.4 is 5.32 Å². The molecule has 0 saturated heterocycles. The van der Waals surface area contributed by atoms with Crippen molar-refractivity contribution in [2.45, 2.75) is 32.4 Å². The van der Waals surface area contributed by atoms with E-state index in [0.717, 1.165) is 35.5 Å². The Labute approximate surface area is 150 Å². The fraction of sp³-hybridized carbons (Fsp3) is 0.444. The summed E-state index contributed by atoms with van der Waals surface area (Å²) in [6.45, 7) is 2.33. The molecule has 1 amide bonds. The molecule has 0 aliphatic carbocycles. The molecule has 0 atom stereocenters. The second-order valence-corrected chi connectivity index (χ2v) is 6.06. The zero-order valence-electron chi connectivity index (χ0n) is 14.6. The monoisotopic (exact) mass is 365 g/mol. The highest BCUT2D eigenvalue weighted by atomic mass is 19.1. The SMILES string of the molecule is COCCn1nc(CCC(=O)Nc2ccc(F)cc2F)c2c1CCOC2. The minimum Gasteiger partial charge on any atom is -0.383 e. The first-order chi connectivity index (χ1) is 12.6. The molecule has 2 aromatic rings. The van der Waals surface area contributed by atoms with Gasteiger partial charge in [0, 0.05) is 43.7 Å². The van der Waals surface area contributed by atoms with Crippen LogP contribution in [-0.2, 0) is 40.3 Å². The number of nitrogens with zero attached hydrogens (tertiary/aromatic N) is 2. The third-order valence-electron chi connectivity index (χ3n) is 4.28. The molecule has 1 aromatic heterocycles. The fourth-order valence-corrected chi connectivity index (χ4v) is 2.98. The second kappa shape index (κ2) is 8.37. The summed E-state index contributed by atoms with van der Waals surface area (Å²) in [4.78, 5) is 12.1. The van der Waals surface area contributed by atoms with Gasteiger partial charge < -0.3 is 14.8 Å². The Morgan fingerprint density at radius 1 is 1.42 bits per heavy atom. The number of halogens is 2. The molecule has 2 heterocycles. The molecule has 26 heavy (non-hydrogen) atoms. The van der Waals surface area contributed by atoms with Crippen molar-refractivity contribution in [2.75, 3.05) is 25.6 Å². The molecule has 0 radical (unpaired) electrons. The van der Waals surface area contributed by atoms with E-state index in [1.54, 1.807) is 7.11 Å². The maximum absolute atomic E-state index is 13.6. The van der Waals surface area contributed by atoms with Crippen LogP contribution in [0.15, 0.2) is 18.2 Å². The smallest absolute Gasteiger partial charge is 0.224 e. The van der Waals surface area contributed by atoms with Crippen molar-refractivity contribution < 1.29 is 23.0 Å². The number of rotatable bonds is 7. The van der Waals surface area contributed by atoms with Gasteiger partial charge in [-0.2, -0.15) is 5.10 Å². The number of carbonyl (C=O) groups excluding carboxylic acids is 1. The van der Waals surface area contributed by atoms with Crippen LogP contribution >= 0.6 is 0 Å². The number of hydrogen-bond acceptors (Lipinski definition) is 4. The van der Waals surface area contributed by atoms with Crippen LogP contribution in [0.4, 0.5) is 14.5 Å². The number of benzene rings is 1. The molecule has 0 bridgehead atoms. The molecule has 0 saturated carbocycles. The summed E-state index contributed by atoms with van der Waals surface area (Å²) >= 11 is 0. The number of aromatic nitrogens is 2. The van der Waals surface area contributed by atoms with Gasteiger partial charge in [-0.25, -0.2) is 8.78 Å². The lowest BCUT2D eigenvalue weighted by Gasteiger charge is -2.15. The van der Waals surface area contributed by atoms with Gasteiger partial charge in [0.05, 0.1) is 37.7 Å². The van der Waals surface area contributed by atoms with Gasteiger partial charge in [0.25, 0.3) is 0 Å². The number of nitrogens with one attached hydrogen (secondary N) is 1. The number of fused-ring (bicyclic) bond motifs is 1. The van der Waals surface area contributed by atoms with E-state index in [2.05, 4.69) is 10.4 Å². The average Bonchev–Trinajstić information content (AvgIpc) is 2.99. The highest BCUT2D eigenvalue weighted by molar-refractivity contribution is 5.90. The van der Waals surface area contributed by atoms with E-state index < -0.39 is 11.6 Å². The third kappa shape index (κ3) is 4.25. The lowest BCUT2D eigenvalue weighted by atomic mass is 10.1. The summed E-state index contributed by atoms with van der Waals surface area (Å²) in [5, 5.41) is 7.05. The van der Waals surface area contributed by atoms with Crippen molar-refractivity contribution in [1.82, 2.24) is 9.78 Å². The summed E-state index contributed by atoms with van der Waals surface area (Å²) in [7, 11) is 1.64. The Balaban J connectivity index is 1.65. The minimum absolute atomic E-state index is 0.0348. The second-order valence-electron chi connectivity index (χ2n) is 6.06. The van der Waals surface area contributed by atoms with Crippen LogP contribution in [0, 0.1) is 11.6 Å². The Hall–Kier alpha value is -2.32. The van der Waals surface area contributed by atoms with Crippen LogP contribution in [0.5, 0.6) is 0 Å². The van der Waals surface area contributed by atoms with Crippen molar-refractivity contribution in [1.29, 1.82) is 0 Å². The van der Waals surface area contributed by atoms with Crippen LogP contribution in [0.25, 0.3) is 0 Å². The molecule has 0 spiro atoms. The predicted octanol–water partition coefficient (Wildman–Crippen LogP) is 2.45. The third-order valence-corrected chi connectivity index (χ3v) is 4.28. The van der Waals surface area contributed by atoms with E-state index in [4.69, 9.17) is 9.47 Å². The highest BCUT2D eigenvalue weighted by Crippen LogP contribution is 2.22. The normalized spacial score (nSPS) is 13.5. The number of hydrogen-bond donors (Lipinski definition) is 1. The molecular formula is C18H21F2N3O3. The van der Waals surface area contributed by atoms with Crippen molar-refractivity contribution >= 4 is 11.6 Å². The Morgan fingerprint density at radius 2 is 2.27 bits per heavy atom. The van der Waals surface area contributed by atoms with Gasteiger partial charge in [0.2, 0.25) is 5.91 Å². The van der Waals surface area contributed by atoms with Crippen LogP contribution in [0.2, 0.25) is 0 Å². The van der Waals surface area contributed by atoms with Crippen LogP contribution in [-0.4, -0.2) is 36.0 Å². The number of ether oxygens (including phenoxy) is 2. The first kappa shape index (κ1) is 18.5. The summed E-state index contributed by atoms with van der Waals surface area (Å²) in [5.41, 5.74) is 2.92. The Bertz CT molecular complexity index is 792. The Morgan fingerprint density at radius 3 is 3.04 bits per heavy atom. The molecule has 3 rings (SSSR count). The molecule has 1 aliphatic heterocycles. The summed E-state index contributed by atoms with van der Waals surface area (Å²) in [6, 6.07) is 3.04. The zero-order chi connectivity index (χ0) is 18.5. The average molecular weight is 365 g/mol. The van der Waals surface area contributed by atoms with Gasteiger partial charge in [-0.1, -0.05) is 0 Å². The van der Waals surface area contributed by atoms with E-state index in [1.165, 1.54) is 6.07 Å². The number of aryl methyl sites for hydroxylation is 1. The van der Waals surface area contributed by atoms with E-state index in [0.29, 0.717) is 32.8 Å². The van der Waals surface area contributed by atoms with E-state index in [-0.39, 0.29) is 18.0 Å². The lowest BCUT2D eigenvalue weighted by Crippen LogP contribution is -2.16. The molecule has 6 nitrogen and oxygen atoms in total.